The van der Waals surface area contributed by atoms with Crippen molar-refractivity contribution in [3.63, 3.8) is 0 Å². The summed E-state index contributed by atoms with van der Waals surface area (Å²) in [6.07, 6.45) is -0.786. The molecule has 0 spiro atoms. The van der Waals surface area contributed by atoms with E-state index in [0.29, 0.717) is 23.2 Å². The number of nitrogens with two attached hydrogens (primary N) is 1. The molecule has 138 valence electrons. The maximum atomic E-state index is 14.1. The van der Waals surface area contributed by atoms with Crippen LogP contribution in [0.15, 0.2) is 54.6 Å². The van der Waals surface area contributed by atoms with Crippen molar-refractivity contribution in [3.8, 4) is 11.1 Å². The maximum Gasteiger partial charge on any atom is 0.409 e. The van der Waals surface area contributed by atoms with Crippen molar-refractivity contribution in [3.05, 3.63) is 76.8 Å². The fraction of sp³-hybridized carbons (Fsp3) is 0.105. The zero-order valence-corrected chi connectivity index (χ0v) is 14.8. The van der Waals surface area contributed by atoms with Gasteiger partial charge in [-0.3, -0.25) is 5.32 Å². The maximum absolute atomic E-state index is 14.1. The average molecular weight is 387 g/mol. The Hall–Kier alpha value is -3.03. The molecule has 3 rings (SSSR count). The lowest BCUT2D eigenvalue weighted by Crippen LogP contribution is -2.16. The molecule has 1 heterocycles. The van der Waals surface area contributed by atoms with Crippen LogP contribution in [0, 0.1) is 5.82 Å². The third kappa shape index (κ3) is 4.58. The minimum Gasteiger partial charge on any atom is -0.465 e. The highest BCUT2D eigenvalue weighted by molar-refractivity contribution is 6.32. The van der Waals surface area contributed by atoms with Crippen LogP contribution in [0.25, 0.3) is 11.1 Å². The Bertz CT molecular complexity index is 969. The molecule has 8 heteroatoms. The number of benzene rings is 2. The average Bonchev–Trinajstić information content (AvgIpc) is 2.64. The normalized spacial score (nSPS) is 11.8. The first-order chi connectivity index (χ1) is 12.9. The molecule has 0 unspecified atom stereocenters. The molecule has 6 nitrogen and oxygen atoms in total. The molecule has 0 aliphatic carbocycles. The summed E-state index contributed by atoms with van der Waals surface area (Å²) in [5.41, 5.74) is 8.57. The largest absolute Gasteiger partial charge is 0.465 e. The number of rotatable bonds is 5. The number of amides is 1. The van der Waals surface area contributed by atoms with Crippen LogP contribution in [0.5, 0.6) is 0 Å². The van der Waals surface area contributed by atoms with Crippen LogP contribution >= 0.6 is 11.6 Å². The van der Waals surface area contributed by atoms with E-state index in [1.807, 2.05) is 35.6 Å². The zero-order chi connectivity index (χ0) is 19.4. The molecule has 27 heavy (non-hydrogen) atoms. The van der Waals surface area contributed by atoms with Gasteiger partial charge in [-0.05, 0) is 35.7 Å². The van der Waals surface area contributed by atoms with E-state index in [4.69, 9.17) is 22.4 Å². The summed E-state index contributed by atoms with van der Waals surface area (Å²) in [6.45, 7) is 0. The standard InChI is InChI=1S/C19H16ClFN4O2/c20-18-13(12-6-7-16(14(21)9-12)23-19(26)27)10-17(24-25-18)15(22)8-11-4-2-1-3-5-11/h1-7,9-10,15,23H,8,22H2,(H,26,27)/t15-/m0/s1. The summed E-state index contributed by atoms with van der Waals surface area (Å²) in [6, 6.07) is 15.0. The summed E-state index contributed by atoms with van der Waals surface area (Å²) >= 11 is 6.13. The Morgan fingerprint density at radius 3 is 2.59 bits per heavy atom. The van der Waals surface area contributed by atoms with Gasteiger partial charge in [0, 0.05) is 5.56 Å². The number of nitrogens with zero attached hydrogens (tertiary/aromatic N) is 2. The van der Waals surface area contributed by atoms with Gasteiger partial charge in [-0.15, -0.1) is 5.10 Å². The Morgan fingerprint density at radius 1 is 1.19 bits per heavy atom. The van der Waals surface area contributed by atoms with Crippen molar-refractivity contribution in [2.45, 2.75) is 12.5 Å². The third-order valence-corrected chi connectivity index (χ3v) is 4.25. The first kappa shape index (κ1) is 18.8. The van der Waals surface area contributed by atoms with E-state index in [1.165, 1.54) is 12.1 Å². The van der Waals surface area contributed by atoms with Crippen molar-refractivity contribution in [2.75, 3.05) is 5.32 Å². The Balaban J connectivity index is 1.89. The van der Waals surface area contributed by atoms with Gasteiger partial charge in [0.2, 0.25) is 0 Å². The lowest BCUT2D eigenvalue weighted by molar-refractivity contribution is 0.209. The molecular weight excluding hydrogens is 371 g/mol. The number of carboxylic acid groups (broad SMARTS) is 1. The molecule has 0 aliphatic rings. The van der Waals surface area contributed by atoms with E-state index in [0.717, 1.165) is 5.56 Å². The summed E-state index contributed by atoms with van der Waals surface area (Å²) in [5.74, 6) is -0.724. The van der Waals surface area contributed by atoms with Gasteiger partial charge in [0.15, 0.2) is 5.15 Å². The smallest absolute Gasteiger partial charge is 0.409 e. The first-order valence-corrected chi connectivity index (χ1v) is 8.44. The highest BCUT2D eigenvalue weighted by atomic mass is 35.5. The monoisotopic (exact) mass is 386 g/mol. The lowest BCUT2D eigenvalue weighted by Gasteiger charge is -2.13. The predicted molar refractivity (Wildman–Crippen MR) is 101 cm³/mol. The van der Waals surface area contributed by atoms with Gasteiger partial charge < -0.3 is 10.8 Å². The molecule has 0 bridgehead atoms. The van der Waals surface area contributed by atoms with E-state index < -0.39 is 18.0 Å². The highest BCUT2D eigenvalue weighted by Crippen LogP contribution is 2.30. The number of halogens is 2. The highest BCUT2D eigenvalue weighted by Gasteiger charge is 2.15. The molecule has 0 aliphatic heterocycles. The van der Waals surface area contributed by atoms with Crippen LogP contribution in [0.2, 0.25) is 5.15 Å². The topological polar surface area (TPSA) is 101 Å². The molecule has 1 atom stereocenters. The number of nitrogens with one attached hydrogen (secondary N) is 1. The van der Waals surface area contributed by atoms with Gasteiger partial charge in [-0.25, -0.2) is 9.18 Å². The second-order valence-corrected chi connectivity index (χ2v) is 6.25. The van der Waals surface area contributed by atoms with Gasteiger partial charge in [-0.2, -0.15) is 5.10 Å². The predicted octanol–water partition coefficient (Wildman–Crippen LogP) is 4.27. The molecule has 0 saturated heterocycles. The first-order valence-electron chi connectivity index (χ1n) is 8.06. The van der Waals surface area contributed by atoms with Gasteiger partial charge in [0.1, 0.15) is 5.82 Å². The van der Waals surface area contributed by atoms with Gasteiger partial charge in [-0.1, -0.05) is 48.0 Å². The van der Waals surface area contributed by atoms with Crippen LogP contribution in [0.1, 0.15) is 17.3 Å². The van der Waals surface area contributed by atoms with E-state index in [9.17, 15) is 9.18 Å². The Labute approximate surface area is 159 Å². The van der Waals surface area contributed by atoms with Gasteiger partial charge >= 0.3 is 6.09 Å². The summed E-state index contributed by atoms with van der Waals surface area (Å²) in [5, 5.41) is 18.8. The minimum atomic E-state index is -1.35. The van der Waals surface area contributed by atoms with E-state index >= 15 is 0 Å². The second-order valence-electron chi connectivity index (χ2n) is 5.89. The molecule has 1 amide bonds. The molecular formula is C19H16ClFN4O2. The van der Waals surface area contributed by atoms with Gasteiger partial charge in [0.25, 0.3) is 0 Å². The molecule has 0 fully saturated rings. The molecule has 3 aromatic rings. The number of hydrogen-bond donors (Lipinski definition) is 3. The zero-order valence-electron chi connectivity index (χ0n) is 14.1. The van der Waals surface area contributed by atoms with Crippen molar-refractivity contribution in [1.82, 2.24) is 10.2 Å². The van der Waals surface area contributed by atoms with E-state index in [1.54, 1.807) is 12.1 Å². The number of hydrogen-bond acceptors (Lipinski definition) is 4. The number of anilines is 1. The number of aromatic nitrogens is 2. The molecule has 1 aromatic heterocycles. The second kappa shape index (κ2) is 8.11. The van der Waals surface area contributed by atoms with Crippen LogP contribution in [-0.4, -0.2) is 21.4 Å². The van der Waals surface area contributed by atoms with Crippen molar-refractivity contribution in [1.29, 1.82) is 0 Å². The van der Waals surface area contributed by atoms with Crippen molar-refractivity contribution >= 4 is 23.4 Å². The summed E-state index contributed by atoms with van der Waals surface area (Å²) in [7, 11) is 0. The summed E-state index contributed by atoms with van der Waals surface area (Å²) in [4.78, 5) is 10.7. The quantitative estimate of drug-likeness (QED) is 0.607. The minimum absolute atomic E-state index is 0.101. The number of carbonyl (C=O) groups is 1. The van der Waals surface area contributed by atoms with Crippen LogP contribution in [0.3, 0.4) is 0 Å². The Morgan fingerprint density at radius 2 is 1.93 bits per heavy atom. The molecule has 0 radical (unpaired) electrons. The van der Waals surface area contributed by atoms with E-state index in [-0.39, 0.29) is 10.8 Å². The van der Waals surface area contributed by atoms with Crippen LogP contribution in [0.4, 0.5) is 14.9 Å². The Kier molecular flexibility index (Phi) is 5.63. The van der Waals surface area contributed by atoms with E-state index in [2.05, 4.69) is 10.2 Å². The molecule has 4 N–H and O–H groups in total. The third-order valence-electron chi connectivity index (χ3n) is 3.97. The van der Waals surface area contributed by atoms with Crippen LogP contribution < -0.4 is 11.1 Å². The summed E-state index contributed by atoms with van der Waals surface area (Å²) < 4.78 is 14.1. The fourth-order valence-electron chi connectivity index (χ4n) is 2.65. The van der Waals surface area contributed by atoms with Crippen LogP contribution in [-0.2, 0) is 6.42 Å². The molecule has 2 aromatic carbocycles. The lowest BCUT2D eigenvalue weighted by atomic mass is 10.0. The molecule has 0 saturated carbocycles. The van der Waals surface area contributed by atoms with Gasteiger partial charge in [0.05, 0.1) is 17.4 Å². The SMILES string of the molecule is N[C@@H](Cc1ccccc1)c1cc(-c2ccc(NC(=O)O)c(F)c2)c(Cl)nn1. The fourth-order valence-corrected chi connectivity index (χ4v) is 2.85. The van der Waals surface area contributed by atoms with Crippen molar-refractivity contribution < 1.29 is 14.3 Å². The van der Waals surface area contributed by atoms with Crippen molar-refractivity contribution in [2.24, 2.45) is 5.73 Å².